The third-order valence-electron chi connectivity index (χ3n) is 1.83. The summed E-state index contributed by atoms with van der Waals surface area (Å²) in [6, 6.07) is 0. The number of nitrogens with zero attached hydrogens (tertiary/aromatic N) is 2. The molecular weight excluding hydrogens is 247 g/mol. The molecule has 16 heavy (non-hydrogen) atoms. The number of hydrogen-bond donors (Lipinski definition) is 1. The molecule has 0 amide bonds. The Morgan fingerprint density at radius 1 is 1.56 bits per heavy atom. The number of H-pyrrole nitrogens is 1. The van der Waals surface area contributed by atoms with Crippen molar-refractivity contribution in [1.82, 2.24) is 9.97 Å². The van der Waals surface area contributed by atoms with Crippen LogP contribution in [-0.4, -0.2) is 29.2 Å². The number of rotatable bonds is 3. The van der Waals surface area contributed by atoms with Crippen LogP contribution in [0.15, 0.2) is 11.1 Å². The summed E-state index contributed by atoms with van der Waals surface area (Å²) in [7, 11) is 0. The van der Waals surface area contributed by atoms with Crippen LogP contribution in [0.3, 0.4) is 0 Å². The summed E-state index contributed by atoms with van der Waals surface area (Å²) >= 11 is 5.58. The van der Waals surface area contributed by atoms with Gasteiger partial charge in [0.05, 0.1) is 6.33 Å². The number of aromatic nitrogens is 2. The first-order chi connectivity index (χ1) is 7.35. The second-order valence-corrected chi connectivity index (χ2v) is 3.38. The van der Waals surface area contributed by atoms with E-state index in [1.165, 1.54) is 6.92 Å². The van der Waals surface area contributed by atoms with Gasteiger partial charge in [-0.3, -0.25) is 4.79 Å². The summed E-state index contributed by atoms with van der Waals surface area (Å²) < 4.78 is 36.6. The van der Waals surface area contributed by atoms with Gasteiger partial charge in [-0.15, -0.1) is 0 Å². The Bertz CT molecular complexity index is 418. The second-order valence-electron chi connectivity index (χ2n) is 3.00. The molecule has 1 N–H and O–H groups in total. The van der Waals surface area contributed by atoms with Gasteiger partial charge in [-0.05, 0) is 6.92 Å². The molecule has 0 unspecified atom stereocenters. The molecule has 0 saturated carbocycles. The topological polar surface area (TPSA) is 49.0 Å². The van der Waals surface area contributed by atoms with Crippen molar-refractivity contribution in [3.8, 4) is 0 Å². The Labute approximate surface area is 94.1 Å². The van der Waals surface area contributed by atoms with Gasteiger partial charge in [0.2, 0.25) is 0 Å². The van der Waals surface area contributed by atoms with E-state index in [1.54, 1.807) is 0 Å². The first kappa shape index (κ1) is 12.8. The fraction of sp³-hybridized carbons (Fsp3) is 0.500. The fourth-order valence-electron chi connectivity index (χ4n) is 1.15. The van der Waals surface area contributed by atoms with Crippen LogP contribution in [0, 0.1) is 0 Å². The van der Waals surface area contributed by atoms with E-state index >= 15 is 0 Å². The van der Waals surface area contributed by atoms with Gasteiger partial charge in [-0.1, -0.05) is 11.6 Å². The zero-order chi connectivity index (χ0) is 12.3. The number of aromatic amines is 1. The predicted octanol–water partition coefficient (Wildman–Crippen LogP) is 1.81. The lowest BCUT2D eigenvalue weighted by Crippen LogP contribution is -2.35. The largest absolute Gasteiger partial charge is 0.405 e. The smallest absolute Gasteiger partial charge is 0.346 e. The van der Waals surface area contributed by atoms with Crippen molar-refractivity contribution in [1.29, 1.82) is 0 Å². The quantitative estimate of drug-likeness (QED) is 0.896. The number of nitrogens with one attached hydrogen (secondary N) is 1. The van der Waals surface area contributed by atoms with E-state index in [4.69, 9.17) is 11.6 Å². The fourth-order valence-corrected chi connectivity index (χ4v) is 1.37. The second kappa shape index (κ2) is 4.73. The van der Waals surface area contributed by atoms with Crippen molar-refractivity contribution < 1.29 is 13.2 Å². The Balaban J connectivity index is 3.05. The minimum atomic E-state index is -4.37. The molecular formula is C8H9ClF3N3O. The summed E-state index contributed by atoms with van der Waals surface area (Å²) in [5.74, 6) is -0.162. The van der Waals surface area contributed by atoms with Crippen molar-refractivity contribution in [3.63, 3.8) is 0 Å². The predicted molar refractivity (Wildman–Crippen MR) is 53.8 cm³/mol. The molecule has 0 aliphatic heterocycles. The SMILES string of the molecule is CCN(CC(F)(F)F)c1nc[nH]c(=O)c1Cl. The zero-order valence-corrected chi connectivity index (χ0v) is 9.06. The van der Waals surface area contributed by atoms with Crippen LogP contribution in [0.1, 0.15) is 6.92 Å². The van der Waals surface area contributed by atoms with Crippen molar-refractivity contribution in [3.05, 3.63) is 21.7 Å². The van der Waals surface area contributed by atoms with Crippen LogP contribution >= 0.6 is 11.6 Å². The standard InChI is InChI=1S/C8H9ClF3N3O/c1-2-15(3-8(10,11)12)6-5(9)7(16)14-4-13-6/h4H,2-3H2,1H3,(H,13,14,16). The van der Waals surface area contributed by atoms with Crippen LogP contribution in [-0.2, 0) is 0 Å². The summed E-state index contributed by atoms with van der Waals surface area (Å²) in [6.07, 6.45) is -3.35. The molecule has 0 bridgehead atoms. The third-order valence-corrected chi connectivity index (χ3v) is 2.17. The molecule has 0 aromatic carbocycles. The normalized spacial score (nSPS) is 11.6. The van der Waals surface area contributed by atoms with Gasteiger partial charge in [0.1, 0.15) is 11.6 Å². The molecule has 0 atom stereocenters. The lowest BCUT2D eigenvalue weighted by molar-refractivity contribution is -0.119. The van der Waals surface area contributed by atoms with Gasteiger partial charge < -0.3 is 9.88 Å². The average Bonchev–Trinajstić information content (AvgIpc) is 2.18. The van der Waals surface area contributed by atoms with Crippen molar-refractivity contribution in [2.45, 2.75) is 13.1 Å². The molecule has 4 nitrogen and oxygen atoms in total. The minimum Gasteiger partial charge on any atom is -0.346 e. The molecule has 0 fully saturated rings. The van der Waals surface area contributed by atoms with Gasteiger partial charge in [-0.25, -0.2) is 4.98 Å². The lowest BCUT2D eigenvalue weighted by atomic mass is 10.4. The molecule has 1 heterocycles. The summed E-state index contributed by atoms with van der Waals surface area (Å²) in [6.45, 7) is 0.375. The Kier molecular flexibility index (Phi) is 3.79. The Morgan fingerprint density at radius 2 is 2.19 bits per heavy atom. The molecule has 0 saturated heterocycles. The maximum atomic E-state index is 12.2. The van der Waals surface area contributed by atoms with Crippen LogP contribution in [0.4, 0.5) is 19.0 Å². The van der Waals surface area contributed by atoms with Gasteiger partial charge in [0.15, 0.2) is 5.82 Å². The first-order valence-corrected chi connectivity index (χ1v) is 4.78. The Morgan fingerprint density at radius 3 is 2.69 bits per heavy atom. The average molecular weight is 256 g/mol. The van der Waals surface area contributed by atoms with Crippen LogP contribution in [0.2, 0.25) is 5.02 Å². The van der Waals surface area contributed by atoms with Crippen LogP contribution < -0.4 is 10.5 Å². The summed E-state index contributed by atoms with van der Waals surface area (Å²) in [4.78, 5) is 17.8. The molecule has 1 rings (SSSR count). The van der Waals surface area contributed by atoms with E-state index in [0.717, 1.165) is 11.2 Å². The summed E-state index contributed by atoms with van der Waals surface area (Å²) in [5.41, 5.74) is -0.660. The van der Waals surface area contributed by atoms with Crippen LogP contribution in [0.5, 0.6) is 0 Å². The number of halogens is 4. The van der Waals surface area contributed by atoms with E-state index in [-0.39, 0.29) is 17.4 Å². The molecule has 0 aliphatic carbocycles. The third kappa shape index (κ3) is 3.13. The molecule has 1 aromatic heterocycles. The lowest BCUT2D eigenvalue weighted by Gasteiger charge is -2.23. The number of alkyl halides is 3. The van der Waals surface area contributed by atoms with E-state index in [2.05, 4.69) is 9.97 Å². The van der Waals surface area contributed by atoms with E-state index in [0.29, 0.717) is 0 Å². The summed E-state index contributed by atoms with van der Waals surface area (Å²) in [5, 5.41) is -0.339. The van der Waals surface area contributed by atoms with Crippen molar-refractivity contribution in [2.24, 2.45) is 0 Å². The van der Waals surface area contributed by atoms with E-state index in [1.807, 2.05) is 0 Å². The van der Waals surface area contributed by atoms with E-state index in [9.17, 15) is 18.0 Å². The molecule has 0 radical (unpaired) electrons. The van der Waals surface area contributed by atoms with E-state index < -0.39 is 18.3 Å². The highest BCUT2D eigenvalue weighted by Gasteiger charge is 2.31. The highest BCUT2D eigenvalue weighted by Crippen LogP contribution is 2.23. The monoisotopic (exact) mass is 255 g/mol. The van der Waals surface area contributed by atoms with Gasteiger partial charge in [0, 0.05) is 6.54 Å². The molecule has 0 spiro atoms. The molecule has 90 valence electrons. The van der Waals surface area contributed by atoms with Crippen molar-refractivity contribution in [2.75, 3.05) is 18.0 Å². The minimum absolute atomic E-state index is 0.0513. The van der Waals surface area contributed by atoms with Gasteiger partial charge in [0.25, 0.3) is 5.56 Å². The maximum Gasteiger partial charge on any atom is 0.405 e. The number of hydrogen-bond acceptors (Lipinski definition) is 3. The molecule has 1 aromatic rings. The molecule has 8 heteroatoms. The maximum absolute atomic E-state index is 12.2. The van der Waals surface area contributed by atoms with Gasteiger partial charge >= 0.3 is 6.18 Å². The first-order valence-electron chi connectivity index (χ1n) is 4.40. The highest BCUT2D eigenvalue weighted by molar-refractivity contribution is 6.32. The molecule has 0 aliphatic rings. The van der Waals surface area contributed by atoms with Gasteiger partial charge in [-0.2, -0.15) is 13.2 Å². The Hall–Kier alpha value is -1.24. The zero-order valence-electron chi connectivity index (χ0n) is 8.31. The highest BCUT2D eigenvalue weighted by atomic mass is 35.5. The van der Waals surface area contributed by atoms with Crippen molar-refractivity contribution >= 4 is 17.4 Å². The van der Waals surface area contributed by atoms with Crippen LogP contribution in [0.25, 0.3) is 0 Å². The number of anilines is 1.